The lowest BCUT2D eigenvalue weighted by atomic mass is 9.99. The molecule has 0 atom stereocenters. The third-order valence-electron chi connectivity index (χ3n) is 7.43. The predicted octanol–water partition coefficient (Wildman–Crippen LogP) is 7.92. The van der Waals surface area contributed by atoms with Crippen molar-refractivity contribution < 1.29 is 39.6 Å². The molecule has 0 saturated heterocycles. The highest BCUT2D eigenvalue weighted by Gasteiger charge is 2.25. The predicted molar refractivity (Wildman–Crippen MR) is 148 cm³/mol. The molecule has 0 unspecified atom stereocenters. The number of carboxylic acid groups (broad SMARTS) is 4. The van der Waals surface area contributed by atoms with E-state index in [0.717, 1.165) is 38.5 Å². The first kappa shape index (κ1) is 35.9. The van der Waals surface area contributed by atoms with Crippen LogP contribution in [0.4, 0.5) is 0 Å². The molecule has 0 rings (SSSR count). The molecule has 8 nitrogen and oxygen atoms in total. The van der Waals surface area contributed by atoms with Gasteiger partial charge < -0.3 is 20.4 Å². The van der Waals surface area contributed by atoms with Crippen LogP contribution in [-0.4, -0.2) is 44.3 Å². The summed E-state index contributed by atoms with van der Waals surface area (Å²) in [4.78, 5) is 43.3. The largest absolute Gasteiger partial charge is 0.481 e. The summed E-state index contributed by atoms with van der Waals surface area (Å²) in [6.45, 7) is 0. The third-order valence-corrected chi connectivity index (χ3v) is 7.43. The molecule has 222 valence electrons. The Morgan fingerprint density at radius 3 is 0.553 bits per heavy atom. The molecule has 0 spiro atoms. The van der Waals surface area contributed by atoms with Gasteiger partial charge in [-0.25, -0.2) is 0 Å². The van der Waals surface area contributed by atoms with Crippen molar-refractivity contribution in [2.75, 3.05) is 0 Å². The first-order valence-electron chi connectivity index (χ1n) is 15.2. The van der Waals surface area contributed by atoms with E-state index in [0.29, 0.717) is 12.8 Å². The van der Waals surface area contributed by atoms with Crippen molar-refractivity contribution in [1.82, 2.24) is 0 Å². The van der Waals surface area contributed by atoms with Crippen molar-refractivity contribution in [1.29, 1.82) is 0 Å². The van der Waals surface area contributed by atoms with Crippen LogP contribution in [0.2, 0.25) is 0 Å². The van der Waals surface area contributed by atoms with Crippen molar-refractivity contribution >= 4 is 23.9 Å². The molecule has 0 aromatic heterocycles. The zero-order valence-electron chi connectivity index (χ0n) is 23.5. The summed E-state index contributed by atoms with van der Waals surface area (Å²) in [6, 6.07) is 0. The monoisotopic (exact) mass is 542 g/mol. The Kier molecular flexibility index (Phi) is 23.8. The second-order valence-electron chi connectivity index (χ2n) is 10.8. The standard InChI is InChI=1S/C30H54O8/c31-27(32)25(28(33)34)23-21-19-17-15-13-11-9-7-5-3-1-2-4-6-8-10-12-14-16-18-20-22-24-26(29(35)36)30(37)38/h25-26H,1-24H2,(H,31,32)(H,33,34)(H,35,36)(H,37,38). The highest BCUT2D eigenvalue weighted by molar-refractivity contribution is 5.93. The summed E-state index contributed by atoms with van der Waals surface area (Å²) in [6.07, 6.45) is 26.1. The molecule has 0 aliphatic carbocycles. The zero-order chi connectivity index (χ0) is 28.4. The van der Waals surface area contributed by atoms with E-state index in [-0.39, 0.29) is 12.8 Å². The van der Waals surface area contributed by atoms with Crippen LogP contribution in [0, 0.1) is 11.8 Å². The molecule has 0 heterocycles. The summed E-state index contributed by atoms with van der Waals surface area (Å²) in [7, 11) is 0. The SMILES string of the molecule is O=C(O)C(CCCCCCCCCCCCCCCCCCCCCCCCC(C(=O)O)C(=O)O)C(=O)O. The van der Waals surface area contributed by atoms with Gasteiger partial charge >= 0.3 is 23.9 Å². The fourth-order valence-corrected chi connectivity index (χ4v) is 4.94. The van der Waals surface area contributed by atoms with Crippen LogP contribution in [-0.2, 0) is 19.2 Å². The van der Waals surface area contributed by atoms with Crippen LogP contribution in [0.5, 0.6) is 0 Å². The minimum atomic E-state index is -1.26. The summed E-state index contributed by atoms with van der Waals surface area (Å²) < 4.78 is 0. The Hall–Kier alpha value is -2.12. The van der Waals surface area contributed by atoms with E-state index < -0.39 is 35.7 Å². The van der Waals surface area contributed by atoms with Gasteiger partial charge in [0.2, 0.25) is 0 Å². The molecule has 0 saturated carbocycles. The average Bonchev–Trinajstić information content (AvgIpc) is 2.85. The Morgan fingerprint density at radius 2 is 0.421 bits per heavy atom. The second-order valence-corrected chi connectivity index (χ2v) is 10.8. The topological polar surface area (TPSA) is 149 Å². The minimum absolute atomic E-state index is 0.227. The lowest BCUT2D eigenvalue weighted by molar-refractivity contribution is -0.156. The van der Waals surface area contributed by atoms with E-state index in [4.69, 9.17) is 20.4 Å². The number of carboxylic acids is 4. The molecule has 0 aromatic rings. The molecule has 0 amide bonds. The molecule has 0 radical (unpaired) electrons. The highest BCUT2D eigenvalue weighted by atomic mass is 16.4. The summed E-state index contributed by atoms with van der Waals surface area (Å²) in [5, 5.41) is 35.4. The highest BCUT2D eigenvalue weighted by Crippen LogP contribution is 2.17. The summed E-state index contributed by atoms with van der Waals surface area (Å²) >= 11 is 0. The van der Waals surface area contributed by atoms with Crippen molar-refractivity contribution in [3.63, 3.8) is 0 Å². The molecule has 0 aliphatic rings. The van der Waals surface area contributed by atoms with Gasteiger partial charge in [-0.05, 0) is 12.8 Å². The van der Waals surface area contributed by atoms with E-state index in [1.165, 1.54) is 89.9 Å². The maximum atomic E-state index is 10.8. The normalized spacial score (nSPS) is 11.3. The Balaban J connectivity index is 3.25. The van der Waals surface area contributed by atoms with Crippen molar-refractivity contribution in [3.05, 3.63) is 0 Å². The number of hydrogen-bond donors (Lipinski definition) is 4. The number of aliphatic carboxylic acids is 4. The van der Waals surface area contributed by atoms with Gasteiger partial charge in [-0.15, -0.1) is 0 Å². The Morgan fingerprint density at radius 1 is 0.289 bits per heavy atom. The molecule has 0 bridgehead atoms. The maximum absolute atomic E-state index is 10.8. The van der Waals surface area contributed by atoms with Gasteiger partial charge in [0.05, 0.1) is 0 Å². The summed E-state index contributed by atoms with van der Waals surface area (Å²) in [5.74, 6) is -7.45. The fourth-order valence-electron chi connectivity index (χ4n) is 4.94. The second kappa shape index (κ2) is 25.2. The molecular formula is C30H54O8. The van der Waals surface area contributed by atoms with E-state index in [9.17, 15) is 19.2 Å². The van der Waals surface area contributed by atoms with Crippen LogP contribution >= 0.6 is 0 Å². The number of hydrogen-bond acceptors (Lipinski definition) is 4. The van der Waals surface area contributed by atoms with E-state index >= 15 is 0 Å². The number of rotatable bonds is 29. The quantitative estimate of drug-likeness (QED) is 0.0550. The van der Waals surface area contributed by atoms with Crippen LogP contribution in [0.15, 0.2) is 0 Å². The fraction of sp³-hybridized carbons (Fsp3) is 0.867. The lowest BCUT2D eigenvalue weighted by Crippen LogP contribution is -2.23. The minimum Gasteiger partial charge on any atom is -0.481 e. The van der Waals surface area contributed by atoms with Crippen LogP contribution in [0.3, 0.4) is 0 Å². The Bertz CT molecular complexity index is 552. The number of unbranched alkanes of at least 4 members (excludes halogenated alkanes) is 21. The zero-order valence-corrected chi connectivity index (χ0v) is 23.5. The number of carbonyl (C=O) groups is 4. The summed E-state index contributed by atoms with van der Waals surface area (Å²) in [5.41, 5.74) is 0. The van der Waals surface area contributed by atoms with E-state index in [2.05, 4.69) is 0 Å². The van der Waals surface area contributed by atoms with Gasteiger partial charge in [-0.2, -0.15) is 0 Å². The third kappa shape index (κ3) is 21.9. The lowest BCUT2D eigenvalue weighted by Gasteiger charge is -2.07. The molecule has 0 aromatic carbocycles. The van der Waals surface area contributed by atoms with E-state index in [1.54, 1.807) is 0 Å². The molecular weight excluding hydrogens is 488 g/mol. The Labute approximate surface area is 229 Å². The molecule has 4 N–H and O–H groups in total. The van der Waals surface area contributed by atoms with Gasteiger partial charge in [-0.3, -0.25) is 19.2 Å². The van der Waals surface area contributed by atoms with Gasteiger partial charge in [0.15, 0.2) is 11.8 Å². The van der Waals surface area contributed by atoms with Crippen molar-refractivity contribution in [2.24, 2.45) is 11.8 Å². The average molecular weight is 543 g/mol. The van der Waals surface area contributed by atoms with Crippen LogP contribution in [0.1, 0.15) is 154 Å². The molecule has 0 fully saturated rings. The molecule has 8 heteroatoms. The van der Waals surface area contributed by atoms with Gasteiger partial charge in [-0.1, -0.05) is 141 Å². The first-order valence-corrected chi connectivity index (χ1v) is 15.2. The van der Waals surface area contributed by atoms with Gasteiger partial charge in [0.25, 0.3) is 0 Å². The van der Waals surface area contributed by atoms with Gasteiger partial charge in [0, 0.05) is 0 Å². The van der Waals surface area contributed by atoms with Crippen molar-refractivity contribution in [2.45, 2.75) is 154 Å². The van der Waals surface area contributed by atoms with E-state index in [1.807, 2.05) is 0 Å². The van der Waals surface area contributed by atoms with Crippen LogP contribution in [0.25, 0.3) is 0 Å². The maximum Gasteiger partial charge on any atom is 0.317 e. The van der Waals surface area contributed by atoms with Crippen LogP contribution < -0.4 is 0 Å². The molecule has 0 aliphatic heterocycles. The van der Waals surface area contributed by atoms with Gasteiger partial charge in [0.1, 0.15) is 0 Å². The van der Waals surface area contributed by atoms with Crippen molar-refractivity contribution in [3.8, 4) is 0 Å². The smallest absolute Gasteiger partial charge is 0.317 e. The first-order chi connectivity index (χ1) is 18.3. The molecule has 38 heavy (non-hydrogen) atoms.